The van der Waals surface area contributed by atoms with E-state index in [0.29, 0.717) is 19.4 Å². The monoisotopic (exact) mass is 1070 g/mol. The van der Waals surface area contributed by atoms with Gasteiger partial charge in [0.15, 0.2) is 0 Å². The third-order valence-electron chi connectivity index (χ3n) is 15.9. The van der Waals surface area contributed by atoms with Crippen molar-refractivity contribution >= 4 is 11.9 Å². The van der Waals surface area contributed by atoms with Gasteiger partial charge in [0.1, 0.15) is 0 Å². The van der Waals surface area contributed by atoms with Crippen molar-refractivity contribution in [3.63, 3.8) is 0 Å². The average Bonchev–Trinajstić information content (AvgIpc) is 3.42. The second-order valence-corrected chi connectivity index (χ2v) is 23.5. The van der Waals surface area contributed by atoms with Crippen molar-refractivity contribution < 1.29 is 24.5 Å². The number of allylic oxidation sites excluding steroid dienone is 5. The summed E-state index contributed by atoms with van der Waals surface area (Å²) < 4.78 is 5.49. The normalized spacial score (nSPS) is 12.7. The molecule has 448 valence electrons. The van der Waals surface area contributed by atoms with Gasteiger partial charge in [-0.05, 0) is 83.5 Å². The lowest BCUT2D eigenvalue weighted by Crippen LogP contribution is -2.45. The molecule has 3 N–H and O–H groups in total. The number of hydrogen-bond acceptors (Lipinski definition) is 5. The first-order chi connectivity index (χ1) is 37.5. The molecule has 0 aliphatic rings. The molecule has 0 saturated heterocycles. The first kappa shape index (κ1) is 74.1. The van der Waals surface area contributed by atoms with Crippen molar-refractivity contribution in [2.24, 2.45) is 0 Å². The summed E-state index contributed by atoms with van der Waals surface area (Å²) in [6.45, 7) is 4.92. The zero-order chi connectivity index (χ0) is 55.0. The number of amides is 1. The topological polar surface area (TPSA) is 95.9 Å². The lowest BCUT2D eigenvalue weighted by molar-refractivity contribution is -0.143. The number of carbonyl (C=O) groups excluding carboxylic acids is 2. The van der Waals surface area contributed by atoms with E-state index >= 15 is 0 Å². The molecule has 0 heterocycles. The standard InChI is InChI=1S/C70H133NO5/c1-3-5-7-9-11-13-15-17-19-36-40-44-48-52-56-60-64-70(75)76-65-61-57-53-49-45-41-37-33-31-29-27-25-23-21-20-22-24-26-28-30-32-35-39-43-47-51-55-59-63-69(74)71-67(66-72)68(73)62-58-54-50-46-42-38-34-18-16-14-12-10-8-6-4-2/h19-21,36,58,62,67-68,72-73H,3-18,22-35,37-57,59-61,63-66H2,1-2H3,(H,71,74)/b21-20-,36-19-,62-58+. The van der Waals surface area contributed by atoms with Gasteiger partial charge in [-0.3, -0.25) is 9.59 Å². The first-order valence-electron chi connectivity index (χ1n) is 34.3. The number of hydrogen-bond donors (Lipinski definition) is 3. The summed E-state index contributed by atoms with van der Waals surface area (Å²) in [5.74, 6) is -0.0578. The Morgan fingerprint density at radius 2 is 0.618 bits per heavy atom. The van der Waals surface area contributed by atoms with Crippen molar-refractivity contribution in [1.29, 1.82) is 0 Å². The van der Waals surface area contributed by atoms with Gasteiger partial charge in [-0.2, -0.15) is 0 Å². The zero-order valence-electron chi connectivity index (χ0n) is 51.3. The highest BCUT2D eigenvalue weighted by molar-refractivity contribution is 5.76. The molecule has 0 aliphatic carbocycles. The van der Waals surface area contributed by atoms with Crippen LogP contribution < -0.4 is 5.32 Å². The lowest BCUT2D eigenvalue weighted by atomic mass is 10.0. The van der Waals surface area contributed by atoms with E-state index < -0.39 is 12.1 Å². The lowest BCUT2D eigenvalue weighted by Gasteiger charge is -2.20. The van der Waals surface area contributed by atoms with Crippen molar-refractivity contribution in [3.05, 3.63) is 36.5 Å². The van der Waals surface area contributed by atoms with Crippen LogP contribution >= 0.6 is 0 Å². The van der Waals surface area contributed by atoms with Crippen LogP contribution in [0.15, 0.2) is 36.5 Å². The van der Waals surface area contributed by atoms with Crippen LogP contribution in [0.25, 0.3) is 0 Å². The number of aliphatic hydroxyl groups is 2. The van der Waals surface area contributed by atoms with Crippen LogP contribution in [0.5, 0.6) is 0 Å². The van der Waals surface area contributed by atoms with Gasteiger partial charge in [0.05, 0.1) is 25.4 Å². The SMILES string of the molecule is CCCCCCCCC/C=C\CCCCCCCC(=O)OCCCCCCCCCCCCCC/C=C\CCCCCCCCCCCCCCC(=O)NC(CO)C(O)/C=C/CCCCCCCCCCCCCCC. The van der Waals surface area contributed by atoms with Gasteiger partial charge < -0.3 is 20.3 Å². The summed E-state index contributed by atoms with van der Waals surface area (Å²) in [5, 5.41) is 23.2. The number of unbranched alkanes of at least 4 members (excludes halogenated alkanes) is 49. The predicted molar refractivity (Wildman–Crippen MR) is 333 cm³/mol. The summed E-state index contributed by atoms with van der Waals surface area (Å²) in [7, 11) is 0. The van der Waals surface area contributed by atoms with Crippen LogP contribution in [0.4, 0.5) is 0 Å². The fraction of sp³-hybridized carbons (Fsp3) is 0.886. The Labute approximate surface area is 474 Å². The van der Waals surface area contributed by atoms with Gasteiger partial charge in [0.2, 0.25) is 5.91 Å². The molecule has 0 fully saturated rings. The quantitative estimate of drug-likeness (QED) is 0.0320. The van der Waals surface area contributed by atoms with E-state index in [1.807, 2.05) is 6.08 Å². The van der Waals surface area contributed by atoms with Crippen LogP contribution in [0.3, 0.4) is 0 Å². The maximum Gasteiger partial charge on any atom is 0.305 e. The molecule has 6 heteroatoms. The molecule has 0 spiro atoms. The average molecular weight is 1070 g/mol. The molecule has 0 radical (unpaired) electrons. The van der Waals surface area contributed by atoms with Gasteiger partial charge in [-0.25, -0.2) is 0 Å². The van der Waals surface area contributed by atoms with E-state index in [1.54, 1.807) is 6.08 Å². The van der Waals surface area contributed by atoms with Gasteiger partial charge in [-0.15, -0.1) is 0 Å². The minimum absolute atomic E-state index is 0.00836. The molecular weight excluding hydrogens is 935 g/mol. The summed E-state index contributed by atoms with van der Waals surface area (Å²) in [5.41, 5.74) is 0. The molecular formula is C70H133NO5. The largest absolute Gasteiger partial charge is 0.466 e. The van der Waals surface area contributed by atoms with Crippen LogP contribution in [0.2, 0.25) is 0 Å². The third-order valence-corrected chi connectivity index (χ3v) is 15.9. The smallest absolute Gasteiger partial charge is 0.305 e. The predicted octanol–water partition coefficient (Wildman–Crippen LogP) is 21.9. The van der Waals surface area contributed by atoms with Gasteiger partial charge >= 0.3 is 5.97 Å². The summed E-state index contributed by atoms with van der Waals surface area (Å²) >= 11 is 0. The van der Waals surface area contributed by atoms with Crippen LogP contribution in [-0.4, -0.2) is 47.4 Å². The van der Waals surface area contributed by atoms with Crippen LogP contribution in [0, 0.1) is 0 Å². The van der Waals surface area contributed by atoms with E-state index in [4.69, 9.17) is 4.74 Å². The van der Waals surface area contributed by atoms with Gasteiger partial charge in [-0.1, -0.05) is 314 Å². The molecule has 2 unspecified atom stereocenters. The molecule has 0 aromatic heterocycles. The van der Waals surface area contributed by atoms with E-state index in [9.17, 15) is 19.8 Å². The Hall–Kier alpha value is -1.92. The zero-order valence-corrected chi connectivity index (χ0v) is 51.3. The fourth-order valence-corrected chi connectivity index (χ4v) is 10.6. The number of aliphatic hydroxyl groups excluding tert-OH is 2. The minimum atomic E-state index is -0.844. The Bertz CT molecular complexity index is 1230. The molecule has 6 nitrogen and oxygen atoms in total. The summed E-state index contributed by atoms with van der Waals surface area (Å²) in [6, 6.07) is -0.628. The number of esters is 1. The van der Waals surface area contributed by atoms with E-state index in [2.05, 4.69) is 43.5 Å². The molecule has 0 bridgehead atoms. The number of ether oxygens (including phenoxy) is 1. The van der Waals surface area contributed by atoms with Crippen molar-refractivity contribution in [3.8, 4) is 0 Å². The molecule has 0 rings (SSSR count). The highest BCUT2D eigenvalue weighted by Gasteiger charge is 2.18. The Morgan fingerprint density at radius 1 is 0.355 bits per heavy atom. The first-order valence-corrected chi connectivity index (χ1v) is 34.3. The molecule has 76 heavy (non-hydrogen) atoms. The number of rotatable bonds is 64. The van der Waals surface area contributed by atoms with Crippen molar-refractivity contribution in [1.82, 2.24) is 5.32 Å². The minimum Gasteiger partial charge on any atom is -0.466 e. The Morgan fingerprint density at radius 3 is 0.934 bits per heavy atom. The molecule has 0 aromatic rings. The molecule has 2 atom stereocenters. The van der Waals surface area contributed by atoms with Crippen LogP contribution in [0.1, 0.15) is 373 Å². The maximum absolute atomic E-state index is 12.5. The Kier molecular flexibility index (Phi) is 63.9. The maximum atomic E-state index is 12.5. The number of nitrogens with one attached hydrogen (secondary N) is 1. The molecule has 1 amide bonds. The molecule has 0 saturated carbocycles. The van der Waals surface area contributed by atoms with E-state index in [-0.39, 0.29) is 18.5 Å². The van der Waals surface area contributed by atoms with E-state index in [1.165, 1.54) is 302 Å². The van der Waals surface area contributed by atoms with Gasteiger partial charge in [0.25, 0.3) is 0 Å². The van der Waals surface area contributed by atoms with E-state index in [0.717, 1.165) is 44.9 Å². The van der Waals surface area contributed by atoms with Crippen LogP contribution in [-0.2, 0) is 14.3 Å². The number of carbonyl (C=O) groups is 2. The summed E-state index contributed by atoms with van der Waals surface area (Å²) in [6.07, 6.45) is 83.6. The fourth-order valence-electron chi connectivity index (χ4n) is 10.6. The molecule has 0 aliphatic heterocycles. The second-order valence-electron chi connectivity index (χ2n) is 23.5. The molecule has 0 aromatic carbocycles. The van der Waals surface area contributed by atoms with Gasteiger partial charge in [0, 0.05) is 12.8 Å². The highest BCUT2D eigenvalue weighted by atomic mass is 16.5. The highest BCUT2D eigenvalue weighted by Crippen LogP contribution is 2.18. The van der Waals surface area contributed by atoms with Crippen molar-refractivity contribution in [2.75, 3.05) is 13.2 Å². The third kappa shape index (κ3) is 61.3. The summed E-state index contributed by atoms with van der Waals surface area (Å²) in [4.78, 5) is 24.6. The van der Waals surface area contributed by atoms with Crippen molar-refractivity contribution in [2.45, 2.75) is 386 Å². The Balaban J connectivity index is 3.39. The second kappa shape index (κ2) is 65.6.